The number of nitrogens with zero attached hydrogens (tertiary/aromatic N) is 4. The minimum absolute atomic E-state index is 0.0348. The van der Waals surface area contributed by atoms with Crippen molar-refractivity contribution in [3.8, 4) is 10.6 Å². The third-order valence-corrected chi connectivity index (χ3v) is 4.18. The standard InChI is InChI=1S/C13H18N4O2S/c1-4-17(5-6-18)13(19)11-9(2)15-12(20-11)10-7-14-16(3)8-10/h7-8,18H,4-6H2,1-3H3. The van der Waals surface area contributed by atoms with Crippen molar-refractivity contribution >= 4 is 17.2 Å². The molecule has 7 heteroatoms. The largest absolute Gasteiger partial charge is 0.395 e. The zero-order valence-corrected chi connectivity index (χ0v) is 12.6. The number of thiazole rings is 1. The van der Waals surface area contributed by atoms with Crippen molar-refractivity contribution in [3.05, 3.63) is 23.0 Å². The van der Waals surface area contributed by atoms with Crippen LogP contribution in [0.15, 0.2) is 12.4 Å². The molecule has 0 radical (unpaired) electrons. The molecule has 0 bridgehead atoms. The lowest BCUT2D eigenvalue weighted by molar-refractivity contribution is 0.0736. The molecule has 0 saturated carbocycles. The molecule has 1 amide bonds. The van der Waals surface area contributed by atoms with Gasteiger partial charge in [0.25, 0.3) is 5.91 Å². The average molecular weight is 294 g/mol. The quantitative estimate of drug-likeness (QED) is 0.902. The number of rotatable bonds is 5. The van der Waals surface area contributed by atoms with Crippen LogP contribution in [-0.4, -0.2) is 50.4 Å². The first kappa shape index (κ1) is 14.7. The Morgan fingerprint density at radius 2 is 2.30 bits per heavy atom. The number of hydrogen-bond donors (Lipinski definition) is 1. The number of likely N-dealkylation sites (N-methyl/N-ethyl adjacent to an activating group) is 1. The van der Waals surface area contributed by atoms with Crippen molar-refractivity contribution in [1.29, 1.82) is 0 Å². The molecular weight excluding hydrogens is 276 g/mol. The fourth-order valence-corrected chi connectivity index (χ4v) is 2.93. The molecule has 2 rings (SSSR count). The minimum atomic E-state index is -0.0771. The van der Waals surface area contributed by atoms with Gasteiger partial charge >= 0.3 is 0 Å². The summed E-state index contributed by atoms with van der Waals surface area (Å²) in [4.78, 5) is 19.1. The highest BCUT2D eigenvalue weighted by Crippen LogP contribution is 2.28. The summed E-state index contributed by atoms with van der Waals surface area (Å²) in [7, 11) is 1.84. The summed E-state index contributed by atoms with van der Waals surface area (Å²) in [6, 6.07) is 0. The summed E-state index contributed by atoms with van der Waals surface area (Å²) in [5.41, 5.74) is 1.63. The van der Waals surface area contributed by atoms with E-state index < -0.39 is 0 Å². The summed E-state index contributed by atoms with van der Waals surface area (Å²) in [6.07, 6.45) is 3.61. The fourth-order valence-electron chi connectivity index (χ4n) is 1.92. The van der Waals surface area contributed by atoms with Gasteiger partial charge in [0, 0.05) is 31.9 Å². The van der Waals surface area contributed by atoms with Crippen molar-refractivity contribution < 1.29 is 9.90 Å². The van der Waals surface area contributed by atoms with Gasteiger partial charge in [-0.2, -0.15) is 5.10 Å². The maximum atomic E-state index is 12.4. The van der Waals surface area contributed by atoms with Crippen LogP contribution >= 0.6 is 11.3 Å². The monoisotopic (exact) mass is 294 g/mol. The number of aryl methyl sites for hydroxylation is 2. The van der Waals surface area contributed by atoms with E-state index in [1.807, 2.05) is 27.1 Å². The number of aliphatic hydroxyl groups is 1. The Balaban J connectivity index is 2.29. The van der Waals surface area contributed by atoms with E-state index >= 15 is 0 Å². The predicted molar refractivity (Wildman–Crippen MR) is 77.7 cm³/mol. The lowest BCUT2D eigenvalue weighted by Gasteiger charge is -2.18. The van der Waals surface area contributed by atoms with Crippen LogP contribution in [0.4, 0.5) is 0 Å². The molecule has 0 fully saturated rings. The molecule has 6 nitrogen and oxygen atoms in total. The fraction of sp³-hybridized carbons (Fsp3) is 0.462. The van der Waals surface area contributed by atoms with E-state index in [1.54, 1.807) is 15.8 Å². The van der Waals surface area contributed by atoms with Crippen molar-refractivity contribution in [2.45, 2.75) is 13.8 Å². The maximum Gasteiger partial charge on any atom is 0.265 e. The Labute approximate surface area is 121 Å². The molecule has 108 valence electrons. The molecular formula is C13H18N4O2S. The summed E-state index contributed by atoms with van der Waals surface area (Å²) in [5.74, 6) is -0.0771. The van der Waals surface area contributed by atoms with Crippen LogP contribution in [0.25, 0.3) is 10.6 Å². The molecule has 0 saturated heterocycles. The summed E-state index contributed by atoms with van der Waals surface area (Å²) in [6.45, 7) is 4.60. The second-order valence-electron chi connectivity index (χ2n) is 4.44. The van der Waals surface area contributed by atoms with Crippen molar-refractivity contribution in [3.63, 3.8) is 0 Å². The molecule has 20 heavy (non-hydrogen) atoms. The zero-order valence-electron chi connectivity index (χ0n) is 11.8. The van der Waals surface area contributed by atoms with Crippen molar-refractivity contribution in [2.24, 2.45) is 7.05 Å². The number of aromatic nitrogens is 3. The first-order valence-corrected chi connectivity index (χ1v) is 7.25. The second kappa shape index (κ2) is 6.15. The highest BCUT2D eigenvalue weighted by atomic mass is 32.1. The summed E-state index contributed by atoms with van der Waals surface area (Å²) >= 11 is 1.37. The molecule has 0 aliphatic rings. The maximum absolute atomic E-state index is 12.4. The first-order valence-electron chi connectivity index (χ1n) is 6.43. The molecule has 0 aliphatic heterocycles. The van der Waals surface area contributed by atoms with Gasteiger partial charge in [0.05, 0.1) is 18.5 Å². The van der Waals surface area contributed by atoms with Gasteiger partial charge in [-0.3, -0.25) is 9.48 Å². The topological polar surface area (TPSA) is 71.2 Å². The Morgan fingerprint density at radius 3 is 2.85 bits per heavy atom. The molecule has 2 heterocycles. The predicted octanol–water partition coefficient (Wildman–Crippen LogP) is 1.31. The smallest absolute Gasteiger partial charge is 0.265 e. The molecule has 1 N–H and O–H groups in total. The van der Waals surface area contributed by atoms with E-state index in [2.05, 4.69) is 10.1 Å². The number of aliphatic hydroxyl groups excluding tert-OH is 1. The molecule has 0 aromatic carbocycles. The van der Waals surface area contributed by atoms with Crippen LogP contribution in [-0.2, 0) is 7.05 Å². The number of hydrogen-bond acceptors (Lipinski definition) is 5. The van der Waals surface area contributed by atoms with E-state index in [1.165, 1.54) is 11.3 Å². The Kier molecular flexibility index (Phi) is 4.51. The molecule has 0 atom stereocenters. The number of amides is 1. The van der Waals surface area contributed by atoms with E-state index in [9.17, 15) is 4.79 Å². The van der Waals surface area contributed by atoms with Gasteiger partial charge in [0.2, 0.25) is 0 Å². The second-order valence-corrected chi connectivity index (χ2v) is 5.44. The van der Waals surface area contributed by atoms with Gasteiger partial charge in [-0.1, -0.05) is 0 Å². The van der Waals surface area contributed by atoms with Crippen molar-refractivity contribution in [2.75, 3.05) is 19.7 Å². The average Bonchev–Trinajstić information content (AvgIpc) is 3.01. The van der Waals surface area contributed by atoms with Crippen LogP contribution in [0.2, 0.25) is 0 Å². The summed E-state index contributed by atoms with van der Waals surface area (Å²) < 4.78 is 1.71. The Bertz CT molecular complexity index is 605. The van der Waals surface area contributed by atoms with Crippen LogP contribution in [0, 0.1) is 6.92 Å². The highest BCUT2D eigenvalue weighted by molar-refractivity contribution is 7.17. The van der Waals surface area contributed by atoms with Crippen molar-refractivity contribution in [1.82, 2.24) is 19.7 Å². The zero-order chi connectivity index (χ0) is 14.7. The number of carbonyl (C=O) groups is 1. The van der Waals surface area contributed by atoms with Crippen LogP contribution in [0.1, 0.15) is 22.3 Å². The van der Waals surface area contributed by atoms with Gasteiger partial charge in [0.1, 0.15) is 9.88 Å². The molecule has 2 aromatic rings. The molecule has 2 aromatic heterocycles. The van der Waals surface area contributed by atoms with Crippen LogP contribution in [0.5, 0.6) is 0 Å². The molecule has 0 unspecified atom stereocenters. The SMILES string of the molecule is CCN(CCO)C(=O)c1sc(-c2cnn(C)c2)nc1C. The van der Waals surface area contributed by atoms with E-state index in [-0.39, 0.29) is 12.5 Å². The lowest BCUT2D eigenvalue weighted by atomic mass is 10.3. The first-order chi connectivity index (χ1) is 9.56. The normalized spacial score (nSPS) is 10.8. The lowest BCUT2D eigenvalue weighted by Crippen LogP contribution is -2.33. The number of carbonyl (C=O) groups excluding carboxylic acids is 1. The highest BCUT2D eigenvalue weighted by Gasteiger charge is 2.21. The summed E-state index contributed by atoms with van der Waals surface area (Å²) in [5, 5.41) is 13.9. The van der Waals surface area contributed by atoms with Crippen LogP contribution < -0.4 is 0 Å². The molecule has 0 spiro atoms. The van der Waals surface area contributed by atoms with Gasteiger partial charge in [-0.05, 0) is 13.8 Å². The van der Waals surface area contributed by atoms with Gasteiger partial charge in [0.15, 0.2) is 0 Å². The third kappa shape index (κ3) is 2.88. The molecule has 0 aliphatic carbocycles. The van der Waals surface area contributed by atoms with E-state index in [0.717, 1.165) is 16.3 Å². The van der Waals surface area contributed by atoms with E-state index in [4.69, 9.17) is 5.11 Å². The van der Waals surface area contributed by atoms with Gasteiger partial charge in [-0.15, -0.1) is 11.3 Å². The minimum Gasteiger partial charge on any atom is -0.395 e. The Morgan fingerprint density at radius 1 is 1.55 bits per heavy atom. The van der Waals surface area contributed by atoms with Gasteiger partial charge in [-0.25, -0.2) is 4.98 Å². The Hall–Kier alpha value is -1.73. The van der Waals surface area contributed by atoms with Gasteiger partial charge < -0.3 is 10.0 Å². The van der Waals surface area contributed by atoms with E-state index in [0.29, 0.717) is 18.0 Å². The van der Waals surface area contributed by atoms with Crippen LogP contribution in [0.3, 0.4) is 0 Å². The third-order valence-electron chi connectivity index (χ3n) is 2.98.